The minimum Gasteiger partial charge on any atom is -0.326 e. The van der Waals surface area contributed by atoms with E-state index in [0.717, 1.165) is 18.5 Å². The molecule has 9 heteroatoms. The van der Waals surface area contributed by atoms with Crippen LogP contribution in [0.1, 0.15) is 35.7 Å². The summed E-state index contributed by atoms with van der Waals surface area (Å²) in [5.41, 5.74) is 2.15. The van der Waals surface area contributed by atoms with Crippen molar-refractivity contribution in [1.82, 2.24) is 4.98 Å². The van der Waals surface area contributed by atoms with E-state index >= 15 is 0 Å². The number of carbonyl (C=O) groups excluding carboxylic acids is 2. The first kappa shape index (κ1) is 24.9. The lowest BCUT2D eigenvalue weighted by Crippen LogP contribution is -2.30. The maximum Gasteiger partial charge on any atom is 0.259 e. The largest absolute Gasteiger partial charge is 0.326 e. The maximum absolute atomic E-state index is 13.0. The van der Waals surface area contributed by atoms with E-state index in [-0.39, 0.29) is 40.0 Å². The lowest BCUT2D eigenvalue weighted by Gasteiger charge is -2.21. The molecule has 1 N–H and O–H groups in total. The van der Waals surface area contributed by atoms with Crippen molar-refractivity contribution in [3.8, 4) is 0 Å². The van der Waals surface area contributed by atoms with Crippen molar-refractivity contribution >= 4 is 44.6 Å². The Morgan fingerprint density at radius 2 is 1.83 bits per heavy atom. The lowest BCUT2D eigenvalue weighted by molar-refractivity contribution is -0.115. The second-order valence-electron chi connectivity index (χ2n) is 8.53. The van der Waals surface area contributed by atoms with Gasteiger partial charge in [-0.15, -0.1) is 0 Å². The van der Waals surface area contributed by atoms with Gasteiger partial charge in [0.05, 0.1) is 22.8 Å². The fourth-order valence-corrected chi connectivity index (χ4v) is 5.61. The molecule has 0 aliphatic heterocycles. The number of pyridine rings is 1. The van der Waals surface area contributed by atoms with Gasteiger partial charge >= 0.3 is 0 Å². The summed E-state index contributed by atoms with van der Waals surface area (Å²) in [6.45, 7) is 2.36. The topological polar surface area (TPSA) is 96.4 Å². The molecule has 2 aromatic carbocycles. The second kappa shape index (κ2) is 10.6. The van der Waals surface area contributed by atoms with E-state index in [1.165, 1.54) is 18.3 Å². The van der Waals surface area contributed by atoms with E-state index in [9.17, 15) is 18.0 Å². The molecule has 1 aromatic heterocycles. The average Bonchev–Trinajstić information content (AvgIpc) is 3.64. The maximum atomic E-state index is 13.0. The molecule has 35 heavy (non-hydrogen) atoms. The monoisotopic (exact) mass is 511 g/mol. The van der Waals surface area contributed by atoms with Gasteiger partial charge in [-0.2, -0.15) is 0 Å². The number of aromatic nitrogens is 1. The summed E-state index contributed by atoms with van der Waals surface area (Å²) >= 11 is 6.39. The van der Waals surface area contributed by atoms with Crippen molar-refractivity contribution in [1.29, 1.82) is 0 Å². The molecule has 1 aliphatic carbocycles. The van der Waals surface area contributed by atoms with E-state index in [1.54, 1.807) is 23.1 Å². The predicted octanol–water partition coefficient (Wildman–Crippen LogP) is 4.77. The molecule has 0 unspecified atom stereocenters. The third-order valence-electron chi connectivity index (χ3n) is 5.75. The van der Waals surface area contributed by atoms with Crippen LogP contribution in [0.3, 0.4) is 0 Å². The molecule has 0 atom stereocenters. The molecule has 3 aromatic rings. The molecule has 1 heterocycles. The summed E-state index contributed by atoms with van der Waals surface area (Å²) in [5, 5.41) is 3.03. The van der Waals surface area contributed by atoms with Gasteiger partial charge in [-0.3, -0.25) is 9.59 Å². The molecule has 0 radical (unpaired) electrons. The number of para-hydroxylation sites is 1. The lowest BCUT2D eigenvalue weighted by atomic mass is 10.1. The van der Waals surface area contributed by atoms with Gasteiger partial charge in [-0.25, -0.2) is 13.4 Å². The molecule has 182 valence electrons. The van der Waals surface area contributed by atoms with Gasteiger partial charge in [0.25, 0.3) is 5.91 Å². The normalized spacial score (nSPS) is 13.3. The van der Waals surface area contributed by atoms with Crippen LogP contribution in [0.5, 0.6) is 0 Å². The first-order valence-corrected chi connectivity index (χ1v) is 13.4. The average molecular weight is 512 g/mol. The van der Waals surface area contributed by atoms with E-state index < -0.39 is 9.84 Å². The SMILES string of the molecule is CCN(C(=O)c1ccc(NC(=O)Cc2ccc(S(=O)(=O)CC3CC3)nc2)cc1Cl)c1ccccc1. The molecule has 0 spiro atoms. The minimum atomic E-state index is -3.39. The van der Waals surface area contributed by atoms with Gasteiger partial charge in [0.15, 0.2) is 14.9 Å². The molecule has 1 fully saturated rings. The van der Waals surface area contributed by atoms with E-state index in [4.69, 9.17) is 11.6 Å². The third-order valence-corrected chi connectivity index (χ3v) is 7.85. The number of benzene rings is 2. The Hall–Kier alpha value is -3.23. The Bertz CT molecular complexity index is 1320. The van der Waals surface area contributed by atoms with Crippen LogP contribution in [-0.4, -0.2) is 37.5 Å². The molecular formula is C26H26ClN3O4S. The highest BCUT2D eigenvalue weighted by molar-refractivity contribution is 7.91. The summed E-state index contributed by atoms with van der Waals surface area (Å²) in [5.74, 6) is -0.177. The van der Waals surface area contributed by atoms with Crippen molar-refractivity contribution in [3.05, 3.63) is 83.0 Å². The molecular weight excluding hydrogens is 486 g/mol. The van der Waals surface area contributed by atoms with Crippen LogP contribution in [0, 0.1) is 5.92 Å². The summed E-state index contributed by atoms with van der Waals surface area (Å²) in [6, 6.07) is 17.1. The Balaban J connectivity index is 1.39. The zero-order valence-electron chi connectivity index (χ0n) is 19.3. The van der Waals surface area contributed by atoms with Crippen molar-refractivity contribution in [2.75, 3.05) is 22.5 Å². The summed E-state index contributed by atoms with van der Waals surface area (Å²) in [7, 11) is -3.39. The predicted molar refractivity (Wildman–Crippen MR) is 137 cm³/mol. The first-order valence-electron chi connectivity index (χ1n) is 11.4. The number of nitrogens with zero attached hydrogens (tertiary/aromatic N) is 2. The zero-order valence-corrected chi connectivity index (χ0v) is 20.8. The number of hydrogen-bond acceptors (Lipinski definition) is 5. The van der Waals surface area contributed by atoms with Crippen molar-refractivity contribution in [2.24, 2.45) is 5.92 Å². The van der Waals surface area contributed by atoms with Gasteiger partial charge in [0.1, 0.15) is 0 Å². The Kier molecular flexibility index (Phi) is 7.52. The van der Waals surface area contributed by atoms with Crippen LogP contribution in [0.4, 0.5) is 11.4 Å². The number of rotatable bonds is 9. The van der Waals surface area contributed by atoms with Crippen LogP contribution < -0.4 is 10.2 Å². The molecule has 0 bridgehead atoms. The highest BCUT2D eigenvalue weighted by atomic mass is 35.5. The van der Waals surface area contributed by atoms with Gasteiger partial charge in [0.2, 0.25) is 5.91 Å². The molecule has 0 saturated heterocycles. The van der Waals surface area contributed by atoms with Gasteiger partial charge in [-0.1, -0.05) is 35.9 Å². The fourth-order valence-electron chi connectivity index (χ4n) is 3.73. The third kappa shape index (κ3) is 6.26. The Morgan fingerprint density at radius 1 is 1.09 bits per heavy atom. The van der Waals surface area contributed by atoms with Crippen molar-refractivity contribution in [3.63, 3.8) is 0 Å². The fraction of sp³-hybridized carbons (Fsp3) is 0.269. The van der Waals surface area contributed by atoms with Crippen LogP contribution in [-0.2, 0) is 21.1 Å². The van der Waals surface area contributed by atoms with Crippen molar-refractivity contribution in [2.45, 2.75) is 31.2 Å². The zero-order chi connectivity index (χ0) is 25.0. The van der Waals surface area contributed by atoms with Gasteiger partial charge in [-0.05, 0) is 67.6 Å². The summed E-state index contributed by atoms with van der Waals surface area (Å²) in [6.07, 6.45) is 3.32. The standard InChI is InChI=1S/C26H26ClN3O4S/c1-2-30(21-6-4-3-5-7-21)26(32)22-12-11-20(15-23(22)27)29-24(31)14-19-10-13-25(28-16-19)35(33,34)17-18-8-9-18/h3-7,10-13,15-16,18H,2,8-9,14,17H2,1H3,(H,29,31). The highest BCUT2D eigenvalue weighted by Crippen LogP contribution is 2.32. The van der Waals surface area contributed by atoms with Crippen LogP contribution in [0.2, 0.25) is 5.02 Å². The summed E-state index contributed by atoms with van der Waals surface area (Å²) < 4.78 is 24.7. The number of hydrogen-bond donors (Lipinski definition) is 1. The minimum absolute atomic E-state index is 0.0197. The van der Waals surface area contributed by atoms with Crippen LogP contribution in [0.25, 0.3) is 0 Å². The van der Waals surface area contributed by atoms with E-state index in [2.05, 4.69) is 10.3 Å². The smallest absolute Gasteiger partial charge is 0.259 e. The van der Waals surface area contributed by atoms with Crippen LogP contribution in [0.15, 0.2) is 71.9 Å². The highest BCUT2D eigenvalue weighted by Gasteiger charge is 2.29. The van der Waals surface area contributed by atoms with Gasteiger partial charge in [0, 0.05) is 24.1 Å². The summed E-state index contributed by atoms with van der Waals surface area (Å²) in [4.78, 5) is 31.2. The number of halogens is 1. The molecule has 2 amide bonds. The van der Waals surface area contributed by atoms with E-state index in [0.29, 0.717) is 23.4 Å². The number of amides is 2. The first-order chi connectivity index (χ1) is 16.8. The van der Waals surface area contributed by atoms with Gasteiger partial charge < -0.3 is 10.2 Å². The van der Waals surface area contributed by atoms with E-state index in [1.807, 2.05) is 37.3 Å². The number of anilines is 2. The molecule has 1 aliphatic rings. The number of sulfone groups is 1. The Labute approximate surface area is 210 Å². The van der Waals surface area contributed by atoms with Crippen molar-refractivity contribution < 1.29 is 18.0 Å². The number of nitrogens with one attached hydrogen (secondary N) is 1. The quantitative estimate of drug-likeness (QED) is 0.446. The second-order valence-corrected chi connectivity index (χ2v) is 10.9. The molecule has 1 saturated carbocycles. The van der Waals surface area contributed by atoms with Crippen LogP contribution >= 0.6 is 11.6 Å². The molecule has 7 nitrogen and oxygen atoms in total. The Morgan fingerprint density at radius 3 is 2.43 bits per heavy atom. The molecule has 4 rings (SSSR count). The number of carbonyl (C=O) groups is 2.